The lowest BCUT2D eigenvalue weighted by Gasteiger charge is -2.32. The predicted molar refractivity (Wildman–Crippen MR) is 108 cm³/mol. The quantitative estimate of drug-likeness (QED) is 0.803. The van der Waals surface area contributed by atoms with Crippen molar-refractivity contribution < 1.29 is 17.9 Å². The third kappa shape index (κ3) is 5.02. The fourth-order valence-electron chi connectivity index (χ4n) is 3.08. The number of carbonyl (C=O) groups excluding carboxylic acids is 1. The smallest absolute Gasteiger partial charge is 0.321 e. The standard InChI is InChI=1S/C20H25N3O4S/c1-15-3-5-16(6-4-15)21-20(24)23-13-11-17(12-14-23)22-28(25,26)19-9-7-18(27-2)8-10-19/h3-10,17,22H,11-14H2,1-2H3,(H,21,24). The number of hydrogen-bond donors (Lipinski definition) is 2. The summed E-state index contributed by atoms with van der Waals surface area (Å²) >= 11 is 0. The van der Waals surface area contributed by atoms with E-state index in [1.807, 2.05) is 31.2 Å². The Bertz CT molecular complexity index is 903. The molecule has 0 unspecified atom stereocenters. The molecule has 0 bridgehead atoms. The molecule has 1 fully saturated rings. The average molecular weight is 404 g/mol. The number of carbonyl (C=O) groups is 1. The molecule has 1 heterocycles. The minimum atomic E-state index is -3.60. The molecule has 150 valence electrons. The van der Waals surface area contributed by atoms with Gasteiger partial charge in [0.25, 0.3) is 0 Å². The fraction of sp³-hybridized carbons (Fsp3) is 0.350. The van der Waals surface area contributed by atoms with E-state index in [-0.39, 0.29) is 17.0 Å². The van der Waals surface area contributed by atoms with Crippen molar-refractivity contribution in [1.82, 2.24) is 9.62 Å². The Hall–Kier alpha value is -2.58. The molecule has 1 saturated heterocycles. The van der Waals surface area contributed by atoms with Crippen LogP contribution >= 0.6 is 0 Å². The molecule has 8 heteroatoms. The van der Waals surface area contributed by atoms with Gasteiger partial charge in [0.1, 0.15) is 5.75 Å². The van der Waals surface area contributed by atoms with Gasteiger partial charge in [0.15, 0.2) is 0 Å². The van der Waals surface area contributed by atoms with Crippen LogP contribution in [-0.4, -0.2) is 45.6 Å². The molecule has 28 heavy (non-hydrogen) atoms. The van der Waals surface area contributed by atoms with Crippen molar-refractivity contribution in [2.24, 2.45) is 0 Å². The van der Waals surface area contributed by atoms with Gasteiger partial charge in [0, 0.05) is 24.8 Å². The Balaban J connectivity index is 1.52. The third-order valence-electron chi connectivity index (χ3n) is 4.78. The summed E-state index contributed by atoms with van der Waals surface area (Å²) in [6, 6.07) is 13.5. The molecular formula is C20H25N3O4S. The molecule has 1 aliphatic heterocycles. The number of nitrogens with one attached hydrogen (secondary N) is 2. The number of likely N-dealkylation sites (tertiary alicyclic amines) is 1. The molecule has 2 amide bonds. The van der Waals surface area contributed by atoms with Crippen LogP contribution in [0.1, 0.15) is 18.4 Å². The van der Waals surface area contributed by atoms with Gasteiger partial charge >= 0.3 is 6.03 Å². The number of methoxy groups -OCH3 is 1. The average Bonchev–Trinajstić information content (AvgIpc) is 2.70. The van der Waals surface area contributed by atoms with Gasteiger partial charge in [0.05, 0.1) is 12.0 Å². The summed E-state index contributed by atoms with van der Waals surface area (Å²) in [6.45, 7) is 2.98. The molecule has 2 N–H and O–H groups in total. The van der Waals surface area contributed by atoms with Crippen molar-refractivity contribution in [3.63, 3.8) is 0 Å². The molecule has 2 aromatic carbocycles. The van der Waals surface area contributed by atoms with Gasteiger partial charge in [-0.2, -0.15) is 0 Å². The highest BCUT2D eigenvalue weighted by atomic mass is 32.2. The highest BCUT2D eigenvalue weighted by Crippen LogP contribution is 2.19. The molecule has 0 spiro atoms. The zero-order valence-corrected chi connectivity index (χ0v) is 16.8. The van der Waals surface area contributed by atoms with Crippen LogP contribution < -0.4 is 14.8 Å². The number of rotatable bonds is 5. The van der Waals surface area contributed by atoms with Gasteiger partial charge in [-0.05, 0) is 56.2 Å². The van der Waals surface area contributed by atoms with E-state index in [1.165, 1.54) is 19.2 Å². The highest BCUT2D eigenvalue weighted by molar-refractivity contribution is 7.89. The summed E-state index contributed by atoms with van der Waals surface area (Å²) in [5.74, 6) is 0.604. The summed E-state index contributed by atoms with van der Waals surface area (Å²) in [4.78, 5) is 14.3. The number of nitrogens with zero attached hydrogens (tertiary/aromatic N) is 1. The Kier molecular flexibility index (Phi) is 6.21. The summed E-state index contributed by atoms with van der Waals surface area (Å²) in [7, 11) is -2.07. The number of benzene rings is 2. The molecule has 3 rings (SSSR count). The zero-order chi connectivity index (χ0) is 20.1. The van der Waals surface area contributed by atoms with Crippen LogP contribution in [0.15, 0.2) is 53.4 Å². The summed E-state index contributed by atoms with van der Waals surface area (Å²) < 4.78 is 32.9. The van der Waals surface area contributed by atoms with Gasteiger partial charge in [-0.25, -0.2) is 17.9 Å². The second-order valence-corrected chi connectivity index (χ2v) is 8.57. The first-order valence-electron chi connectivity index (χ1n) is 9.16. The summed E-state index contributed by atoms with van der Waals surface area (Å²) in [5, 5.41) is 2.88. The number of anilines is 1. The van der Waals surface area contributed by atoms with E-state index < -0.39 is 10.0 Å². The maximum Gasteiger partial charge on any atom is 0.321 e. The largest absolute Gasteiger partial charge is 0.497 e. The molecule has 0 aliphatic carbocycles. The van der Waals surface area contributed by atoms with Crippen molar-refractivity contribution >= 4 is 21.7 Å². The van der Waals surface area contributed by atoms with E-state index in [0.717, 1.165) is 11.3 Å². The normalized spacial score (nSPS) is 15.3. The number of hydrogen-bond acceptors (Lipinski definition) is 4. The van der Waals surface area contributed by atoms with Gasteiger partial charge in [0.2, 0.25) is 10.0 Å². The van der Waals surface area contributed by atoms with Crippen LogP contribution in [0.25, 0.3) is 0 Å². The van der Waals surface area contributed by atoms with E-state index in [9.17, 15) is 13.2 Å². The topological polar surface area (TPSA) is 87.7 Å². The summed E-state index contributed by atoms with van der Waals surface area (Å²) in [6.07, 6.45) is 1.13. The van der Waals surface area contributed by atoms with Crippen LogP contribution in [0.2, 0.25) is 0 Å². The van der Waals surface area contributed by atoms with E-state index >= 15 is 0 Å². The van der Waals surface area contributed by atoms with Gasteiger partial charge < -0.3 is 15.0 Å². The minimum absolute atomic E-state index is 0.166. The fourth-order valence-corrected chi connectivity index (χ4v) is 4.39. The van der Waals surface area contributed by atoms with Crippen LogP contribution in [0.5, 0.6) is 5.75 Å². The lowest BCUT2D eigenvalue weighted by molar-refractivity contribution is 0.193. The van der Waals surface area contributed by atoms with Crippen molar-refractivity contribution in [2.75, 3.05) is 25.5 Å². The minimum Gasteiger partial charge on any atom is -0.497 e. The SMILES string of the molecule is COc1ccc(S(=O)(=O)NC2CCN(C(=O)Nc3ccc(C)cc3)CC2)cc1. The van der Waals surface area contributed by atoms with Crippen LogP contribution in [-0.2, 0) is 10.0 Å². The Morgan fingerprint density at radius 1 is 1.04 bits per heavy atom. The maximum absolute atomic E-state index is 12.5. The van der Waals surface area contributed by atoms with Crippen molar-refractivity contribution in [2.45, 2.75) is 30.7 Å². The zero-order valence-electron chi connectivity index (χ0n) is 16.0. The van der Waals surface area contributed by atoms with E-state index in [4.69, 9.17) is 4.74 Å². The van der Waals surface area contributed by atoms with Crippen molar-refractivity contribution in [3.05, 3.63) is 54.1 Å². The van der Waals surface area contributed by atoms with Crippen molar-refractivity contribution in [1.29, 1.82) is 0 Å². The Morgan fingerprint density at radius 3 is 2.21 bits per heavy atom. The van der Waals surface area contributed by atoms with Crippen LogP contribution in [0, 0.1) is 6.92 Å². The highest BCUT2D eigenvalue weighted by Gasteiger charge is 2.26. The molecule has 0 radical (unpaired) electrons. The molecule has 1 aliphatic rings. The molecule has 0 atom stereocenters. The van der Waals surface area contributed by atoms with Gasteiger partial charge in [-0.1, -0.05) is 17.7 Å². The second-order valence-electron chi connectivity index (χ2n) is 6.85. The monoisotopic (exact) mass is 403 g/mol. The van der Waals surface area contributed by atoms with Gasteiger partial charge in [-0.15, -0.1) is 0 Å². The second kappa shape index (κ2) is 8.62. The number of aryl methyl sites for hydroxylation is 1. The summed E-state index contributed by atoms with van der Waals surface area (Å²) in [5.41, 5.74) is 1.88. The van der Waals surface area contributed by atoms with E-state index in [2.05, 4.69) is 10.0 Å². The first-order chi connectivity index (χ1) is 13.4. The first-order valence-corrected chi connectivity index (χ1v) is 10.6. The van der Waals surface area contributed by atoms with Crippen molar-refractivity contribution in [3.8, 4) is 5.75 Å². The number of sulfonamides is 1. The first kappa shape index (κ1) is 20.2. The molecule has 2 aromatic rings. The lowest BCUT2D eigenvalue weighted by atomic mass is 10.1. The molecule has 0 saturated carbocycles. The number of urea groups is 1. The lowest BCUT2D eigenvalue weighted by Crippen LogP contribution is -2.47. The third-order valence-corrected chi connectivity index (χ3v) is 6.31. The van der Waals surface area contributed by atoms with Crippen LogP contribution in [0.4, 0.5) is 10.5 Å². The maximum atomic E-state index is 12.5. The number of piperidine rings is 1. The number of ether oxygens (including phenoxy) is 1. The Morgan fingerprint density at radius 2 is 1.64 bits per heavy atom. The molecular weight excluding hydrogens is 378 g/mol. The number of amides is 2. The molecule has 7 nitrogen and oxygen atoms in total. The molecule has 0 aromatic heterocycles. The predicted octanol–water partition coefficient (Wildman–Crippen LogP) is 2.98. The van der Waals surface area contributed by atoms with Gasteiger partial charge in [-0.3, -0.25) is 0 Å². The Labute approximate surface area is 165 Å². The van der Waals surface area contributed by atoms with Crippen LogP contribution in [0.3, 0.4) is 0 Å². The van der Waals surface area contributed by atoms with E-state index in [0.29, 0.717) is 31.7 Å². The van der Waals surface area contributed by atoms with E-state index in [1.54, 1.807) is 17.0 Å².